The van der Waals surface area contributed by atoms with Crippen molar-refractivity contribution in [1.29, 1.82) is 0 Å². The monoisotopic (exact) mass is 287 g/mol. The number of hydrogen-bond acceptors (Lipinski definition) is 3. The molecule has 1 atom stereocenters. The quantitative estimate of drug-likeness (QED) is 0.766. The highest BCUT2D eigenvalue weighted by molar-refractivity contribution is 5.96. The standard InChI is InChI=1S/C17H21NO3/c1-13-6-7-14(5-3-10-19)11-15(13)16(20)18-9-4-8-17(2,21)12-18/h6-7,11,19,21H,4,8-10,12H2,1-2H3. The van der Waals surface area contributed by atoms with Crippen molar-refractivity contribution in [2.75, 3.05) is 19.7 Å². The smallest absolute Gasteiger partial charge is 0.254 e. The molecule has 1 fully saturated rings. The number of benzene rings is 1. The van der Waals surface area contributed by atoms with Crippen molar-refractivity contribution in [3.63, 3.8) is 0 Å². The van der Waals surface area contributed by atoms with Crippen LogP contribution in [0.25, 0.3) is 0 Å². The second-order valence-electron chi connectivity index (χ2n) is 5.82. The fourth-order valence-electron chi connectivity index (χ4n) is 2.64. The number of carbonyl (C=O) groups excluding carboxylic acids is 1. The average molecular weight is 287 g/mol. The first kappa shape index (κ1) is 15.6. The van der Waals surface area contributed by atoms with Gasteiger partial charge in [0.2, 0.25) is 0 Å². The number of aryl methyl sites for hydroxylation is 1. The van der Waals surface area contributed by atoms with Crippen LogP contribution in [0.3, 0.4) is 0 Å². The summed E-state index contributed by atoms with van der Waals surface area (Å²) in [6.07, 6.45) is 1.53. The van der Waals surface area contributed by atoms with Crippen LogP contribution < -0.4 is 0 Å². The molecule has 0 saturated carbocycles. The third-order valence-electron chi connectivity index (χ3n) is 3.74. The summed E-state index contributed by atoms with van der Waals surface area (Å²) >= 11 is 0. The van der Waals surface area contributed by atoms with E-state index in [-0.39, 0.29) is 12.5 Å². The molecule has 1 aliphatic rings. The molecule has 1 amide bonds. The maximum Gasteiger partial charge on any atom is 0.254 e. The fraction of sp³-hybridized carbons (Fsp3) is 0.471. The van der Waals surface area contributed by atoms with E-state index in [9.17, 15) is 9.90 Å². The topological polar surface area (TPSA) is 60.8 Å². The van der Waals surface area contributed by atoms with Gasteiger partial charge in [-0.05, 0) is 44.4 Å². The molecule has 0 spiro atoms. The Morgan fingerprint density at radius 3 is 2.90 bits per heavy atom. The zero-order valence-electron chi connectivity index (χ0n) is 12.5. The van der Waals surface area contributed by atoms with Crippen molar-refractivity contribution in [2.24, 2.45) is 0 Å². The Morgan fingerprint density at radius 1 is 1.48 bits per heavy atom. The Morgan fingerprint density at radius 2 is 2.24 bits per heavy atom. The lowest BCUT2D eigenvalue weighted by molar-refractivity contribution is -0.0107. The molecular weight excluding hydrogens is 266 g/mol. The zero-order chi connectivity index (χ0) is 15.5. The predicted molar refractivity (Wildman–Crippen MR) is 80.9 cm³/mol. The molecule has 1 heterocycles. The molecule has 1 saturated heterocycles. The largest absolute Gasteiger partial charge is 0.388 e. The van der Waals surface area contributed by atoms with Crippen LogP contribution in [-0.4, -0.2) is 46.3 Å². The van der Waals surface area contributed by atoms with Gasteiger partial charge in [0.05, 0.1) is 5.60 Å². The molecule has 2 rings (SSSR count). The molecular formula is C17H21NO3. The van der Waals surface area contributed by atoms with Gasteiger partial charge in [-0.2, -0.15) is 0 Å². The number of aliphatic hydroxyl groups excluding tert-OH is 1. The van der Waals surface area contributed by atoms with Gasteiger partial charge in [0.1, 0.15) is 6.61 Å². The van der Waals surface area contributed by atoms with E-state index >= 15 is 0 Å². The number of aliphatic hydroxyl groups is 2. The molecule has 21 heavy (non-hydrogen) atoms. The van der Waals surface area contributed by atoms with Crippen molar-refractivity contribution in [2.45, 2.75) is 32.3 Å². The highest BCUT2D eigenvalue weighted by Gasteiger charge is 2.31. The first-order valence-electron chi connectivity index (χ1n) is 7.15. The number of amides is 1. The molecule has 2 N–H and O–H groups in total. The van der Waals surface area contributed by atoms with E-state index in [4.69, 9.17) is 5.11 Å². The van der Waals surface area contributed by atoms with E-state index in [1.165, 1.54) is 0 Å². The molecule has 1 aromatic rings. The lowest BCUT2D eigenvalue weighted by atomic mass is 9.94. The third-order valence-corrected chi connectivity index (χ3v) is 3.74. The Labute approximate surface area is 125 Å². The summed E-state index contributed by atoms with van der Waals surface area (Å²) in [5, 5.41) is 18.9. The van der Waals surface area contributed by atoms with Crippen molar-refractivity contribution >= 4 is 5.91 Å². The van der Waals surface area contributed by atoms with Crippen LogP contribution >= 0.6 is 0 Å². The summed E-state index contributed by atoms with van der Waals surface area (Å²) in [6.45, 7) is 4.48. The second-order valence-corrected chi connectivity index (χ2v) is 5.82. The maximum absolute atomic E-state index is 12.7. The minimum atomic E-state index is -0.809. The summed E-state index contributed by atoms with van der Waals surface area (Å²) in [5.74, 6) is 5.33. The van der Waals surface area contributed by atoms with E-state index in [0.717, 1.165) is 18.4 Å². The Kier molecular flexibility index (Phi) is 4.66. The van der Waals surface area contributed by atoms with Gasteiger partial charge in [-0.3, -0.25) is 4.79 Å². The summed E-state index contributed by atoms with van der Waals surface area (Å²) in [4.78, 5) is 14.4. The van der Waals surface area contributed by atoms with E-state index in [1.54, 1.807) is 17.9 Å². The van der Waals surface area contributed by atoms with E-state index in [0.29, 0.717) is 24.2 Å². The fourth-order valence-corrected chi connectivity index (χ4v) is 2.64. The van der Waals surface area contributed by atoms with Gasteiger partial charge < -0.3 is 15.1 Å². The van der Waals surface area contributed by atoms with Gasteiger partial charge in [0.15, 0.2) is 0 Å². The highest BCUT2D eigenvalue weighted by atomic mass is 16.3. The lowest BCUT2D eigenvalue weighted by Crippen LogP contribution is -2.48. The van der Waals surface area contributed by atoms with Crippen LogP contribution in [0, 0.1) is 18.8 Å². The molecule has 1 aliphatic heterocycles. The van der Waals surface area contributed by atoms with E-state index in [1.807, 2.05) is 19.1 Å². The number of hydrogen-bond donors (Lipinski definition) is 2. The van der Waals surface area contributed by atoms with Crippen LogP contribution in [0.15, 0.2) is 18.2 Å². The highest BCUT2D eigenvalue weighted by Crippen LogP contribution is 2.23. The van der Waals surface area contributed by atoms with E-state index in [2.05, 4.69) is 11.8 Å². The lowest BCUT2D eigenvalue weighted by Gasteiger charge is -2.37. The van der Waals surface area contributed by atoms with Gasteiger partial charge in [-0.25, -0.2) is 0 Å². The van der Waals surface area contributed by atoms with Gasteiger partial charge in [0.25, 0.3) is 5.91 Å². The normalized spacial score (nSPS) is 21.6. The van der Waals surface area contributed by atoms with Crippen LogP contribution in [0.1, 0.15) is 41.3 Å². The average Bonchev–Trinajstić information content (AvgIpc) is 2.44. The van der Waals surface area contributed by atoms with Gasteiger partial charge in [0, 0.05) is 24.2 Å². The molecule has 1 unspecified atom stereocenters. The van der Waals surface area contributed by atoms with Crippen molar-refractivity contribution in [3.05, 3.63) is 34.9 Å². The Balaban J connectivity index is 2.26. The van der Waals surface area contributed by atoms with Crippen molar-refractivity contribution in [1.82, 2.24) is 4.90 Å². The third kappa shape index (κ3) is 3.84. The zero-order valence-corrected chi connectivity index (χ0v) is 12.5. The minimum Gasteiger partial charge on any atom is -0.388 e. The number of likely N-dealkylation sites (tertiary alicyclic amines) is 1. The van der Waals surface area contributed by atoms with Gasteiger partial charge in [-0.15, -0.1) is 0 Å². The van der Waals surface area contributed by atoms with Crippen molar-refractivity contribution < 1.29 is 15.0 Å². The van der Waals surface area contributed by atoms with Crippen molar-refractivity contribution in [3.8, 4) is 11.8 Å². The van der Waals surface area contributed by atoms with E-state index < -0.39 is 5.60 Å². The molecule has 1 aromatic carbocycles. The summed E-state index contributed by atoms with van der Waals surface area (Å²) in [5.41, 5.74) is 1.40. The summed E-state index contributed by atoms with van der Waals surface area (Å²) in [6, 6.07) is 5.45. The first-order valence-corrected chi connectivity index (χ1v) is 7.15. The van der Waals surface area contributed by atoms with Crippen LogP contribution in [0.2, 0.25) is 0 Å². The molecule has 4 heteroatoms. The maximum atomic E-state index is 12.7. The molecule has 0 aliphatic carbocycles. The number of rotatable bonds is 1. The molecule has 0 radical (unpaired) electrons. The molecule has 0 aromatic heterocycles. The summed E-state index contributed by atoms with van der Waals surface area (Å²) in [7, 11) is 0. The Bertz CT molecular complexity index is 596. The second kappa shape index (κ2) is 6.30. The number of carbonyl (C=O) groups is 1. The van der Waals surface area contributed by atoms with Crippen LogP contribution in [0.4, 0.5) is 0 Å². The number of nitrogens with zero attached hydrogens (tertiary/aromatic N) is 1. The minimum absolute atomic E-state index is 0.0693. The van der Waals surface area contributed by atoms with Gasteiger partial charge in [-0.1, -0.05) is 17.9 Å². The molecule has 0 bridgehead atoms. The number of β-amino-alcohol motifs (C(OH)–C–C–N with tert-alkyl or cyclic N) is 1. The summed E-state index contributed by atoms with van der Waals surface area (Å²) < 4.78 is 0. The SMILES string of the molecule is Cc1ccc(C#CCO)cc1C(=O)N1CCCC(C)(O)C1. The predicted octanol–water partition coefficient (Wildman–Crippen LogP) is 1.33. The van der Waals surface area contributed by atoms with Crippen LogP contribution in [-0.2, 0) is 0 Å². The van der Waals surface area contributed by atoms with Gasteiger partial charge >= 0.3 is 0 Å². The van der Waals surface area contributed by atoms with Crippen LogP contribution in [0.5, 0.6) is 0 Å². The molecule has 4 nitrogen and oxygen atoms in total. The number of piperidine rings is 1. The Hall–Kier alpha value is -1.83. The molecule has 112 valence electrons. The first-order chi connectivity index (χ1) is 9.93.